The third-order valence-corrected chi connectivity index (χ3v) is 2.29. The number of rotatable bonds is 8. The van der Waals surface area contributed by atoms with Crippen LogP contribution in [0.3, 0.4) is 0 Å². The number of carbonyl (C=O) groups excluding carboxylic acids is 1. The maximum Gasteiger partial charge on any atom is 0.304 e. The predicted octanol–water partition coefficient (Wildman–Crippen LogP) is 0.744. The number of hydrogen-bond donors (Lipinski definition) is 3. The van der Waals surface area contributed by atoms with E-state index < -0.39 is 5.97 Å². The molecule has 0 aliphatic rings. The zero-order chi connectivity index (χ0) is 12.6. The van der Waals surface area contributed by atoms with Gasteiger partial charge in [-0.3, -0.25) is 9.59 Å². The van der Waals surface area contributed by atoms with Crippen molar-refractivity contribution < 1.29 is 14.7 Å². The van der Waals surface area contributed by atoms with E-state index in [9.17, 15) is 9.59 Å². The SMILES string of the molecule is CCCC(C)NC(=O)C(C)NCCC(=O)O. The van der Waals surface area contributed by atoms with Gasteiger partial charge in [-0.2, -0.15) is 0 Å². The van der Waals surface area contributed by atoms with Gasteiger partial charge in [0.2, 0.25) is 5.91 Å². The van der Waals surface area contributed by atoms with Gasteiger partial charge in [-0.25, -0.2) is 0 Å². The van der Waals surface area contributed by atoms with E-state index >= 15 is 0 Å². The normalized spacial score (nSPS) is 14.2. The topological polar surface area (TPSA) is 78.4 Å². The second kappa shape index (κ2) is 8.10. The van der Waals surface area contributed by atoms with E-state index in [0.29, 0.717) is 6.54 Å². The van der Waals surface area contributed by atoms with Crippen LogP contribution < -0.4 is 10.6 Å². The Morgan fingerprint density at radius 2 is 1.94 bits per heavy atom. The van der Waals surface area contributed by atoms with E-state index in [1.807, 2.05) is 6.92 Å². The van der Waals surface area contributed by atoms with E-state index in [4.69, 9.17) is 5.11 Å². The molecule has 3 N–H and O–H groups in total. The van der Waals surface area contributed by atoms with E-state index in [2.05, 4.69) is 17.6 Å². The lowest BCUT2D eigenvalue weighted by molar-refractivity contribution is -0.137. The van der Waals surface area contributed by atoms with Gasteiger partial charge in [-0.15, -0.1) is 0 Å². The fraction of sp³-hybridized carbons (Fsp3) is 0.818. The zero-order valence-corrected chi connectivity index (χ0v) is 10.2. The molecule has 0 rings (SSSR count). The van der Waals surface area contributed by atoms with Gasteiger partial charge in [0.1, 0.15) is 0 Å². The third kappa shape index (κ3) is 7.23. The molecule has 5 heteroatoms. The van der Waals surface area contributed by atoms with Crippen molar-refractivity contribution in [3.63, 3.8) is 0 Å². The van der Waals surface area contributed by atoms with Crippen molar-refractivity contribution in [3.8, 4) is 0 Å². The molecule has 1 amide bonds. The highest BCUT2D eigenvalue weighted by Gasteiger charge is 2.14. The predicted molar refractivity (Wildman–Crippen MR) is 62.2 cm³/mol. The number of aliphatic carboxylic acids is 1. The maximum atomic E-state index is 11.6. The Morgan fingerprint density at radius 3 is 2.44 bits per heavy atom. The molecule has 0 aliphatic heterocycles. The van der Waals surface area contributed by atoms with Crippen molar-refractivity contribution >= 4 is 11.9 Å². The standard InChI is InChI=1S/C11H22N2O3/c1-4-5-8(2)13-11(16)9(3)12-7-6-10(14)15/h8-9,12H,4-7H2,1-3H3,(H,13,16)(H,14,15). The molecule has 2 unspecified atom stereocenters. The first-order chi connectivity index (χ1) is 7.47. The van der Waals surface area contributed by atoms with Crippen LogP contribution in [0.2, 0.25) is 0 Å². The molecule has 0 bridgehead atoms. The van der Waals surface area contributed by atoms with Crippen LogP contribution in [0.15, 0.2) is 0 Å². The molecule has 0 radical (unpaired) electrons. The Bertz CT molecular complexity index is 231. The molecule has 2 atom stereocenters. The van der Waals surface area contributed by atoms with E-state index in [1.165, 1.54) is 0 Å². The quantitative estimate of drug-likeness (QED) is 0.575. The second-order valence-corrected chi connectivity index (χ2v) is 4.02. The van der Waals surface area contributed by atoms with Crippen molar-refractivity contribution in [1.29, 1.82) is 0 Å². The number of carboxylic acids is 1. The van der Waals surface area contributed by atoms with Crippen LogP contribution in [0, 0.1) is 0 Å². The molecular weight excluding hydrogens is 208 g/mol. The van der Waals surface area contributed by atoms with Gasteiger partial charge in [-0.05, 0) is 20.3 Å². The zero-order valence-electron chi connectivity index (χ0n) is 10.2. The summed E-state index contributed by atoms with van der Waals surface area (Å²) in [6.45, 7) is 6.07. The highest BCUT2D eigenvalue weighted by atomic mass is 16.4. The molecule has 16 heavy (non-hydrogen) atoms. The van der Waals surface area contributed by atoms with Crippen LogP contribution >= 0.6 is 0 Å². The summed E-state index contributed by atoms with van der Waals surface area (Å²) in [5.41, 5.74) is 0. The smallest absolute Gasteiger partial charge is 0.304 e. The fourth-order valence-electron chi connectivity index (χ4n) is 1.36. The molecule has 0 aromatic carbocycles. The minimum absolute atomic E-state index is 0.0299. The van der Waals surface area contributed by atoms with Gasteiger partial charge in [-0.1, -0.05) is 13.3 Å². The van der Waals surface area contributed by atoms with Crippen molar-refractivity contribution in [1.82, 2.24) is 10.6 Å². The molecule has 0 aromatic rings. The van der Waals surface area contributed by atoms with E-state index in [1.54, 1.807) is 6.92 Å². The van der Waals surface area contributed by atoms with E-state index in [0.717, 1.165) is 12.8 Å². The number of carboxylic acid groups (broad SMARTS) is 1. The first-order valence-electron chi connectivity index (χ1n) is 5.73. The van der Waals surface area contributed by atoms with E-state index in [-0.39, 0.29) is 24.4 Å². The highest BCUT2D eigenvalue weighted by molar-refractivity contribution is 5.81. The number of hydrogen-bond acceptors (Lipinski definition) is 3. The summed E-state index contributed by atoms with van der Waals surface area (Å²) in [5.74, 6) is -0.939. The summed E-state index contributed by atoms with van der Waals surface area (Å²) >= 11 is 0. The van der Waals surface area contributed by atoms with Gasteiger partial charge >= 0.3 is 5.97 Å². The Kier molecular flexibility index (Phi) is 7.54. The molecule has 0 aromatic heterocycles. The molecule has 0 fully saturated rings. The van der Waals surface area contributed by atoms with Gasteiger partial charge in [0.05, 0.1) is 12.5 Å². The summed E-state index contributed by atoms with van der Waals surface area (Å²) in [6.07, 6.45) is 2.01. The Morgan fingerprint density at radius 1 is 1.31 bits per heavy atom. The van der Waals surface area contributed by atoms with Gasteiger partial charge in [0.15, 0.2) is 0 Å². The van der Waals surface area contributed by atoms with Crippen LogP contribution in [0.4, 0.5) is 0 Å². The Labute approximate surface area is 96.6 Å². The van der Waals surface area contributed by atoms with Crippen molar-refractivity contribution in [3.05, 3.63) is 0 Å². The second-order valence-electron chi connectivity index (χ2n) is 4.02. The molecule has 0 heterocycles. The average Bonchev–Trinajstić information content (AvgIpc) is 2.17. The van der Waals surface area contributed by atoms with Crippen LogP contribution in [-0.4, -0.2) is 35.6 Å². The van der Waals surface area contributed by atoms with Crippen molar-refractivity contribution in [2.24, 2.45) is 0 Å². The van der Waals surface area contributed by atoms with Crippen LogP contribution in [-0.2, 0) is 9.59 Å². The summed E-state index contributed by atoms with van der Waals surface area (Å²) in [4.78, 5) is 21.9. The average molecular weight is 230 g/mol. The summed E-state index contributed by atoms with van der Waals surface area (Å²) in [6, 6.07) is -0.181. The van der Waals surface area contributed by atoms with Crippen molar-refractivity contribution in [2.75, 3.05) is 6.54 Å². The molecule has 0 saturated carbocycles. The molecule has 94 valence electrons. The largest absolute Gasteiger partial charge is 0.481 e. The van der Waals surface area contributed by atoms with Crippen LogP contribution in [0.5, 0.6) is 0 Å². The lowest BCUT2D eigenvalue weighted by Gasteiger charge is -2.17. The molecule has 0 aliphatic carbocycles. The lowest BCUT2D eigenvalue weighted by Crippen LogP contribution is -2.45. The molecular formula is C11H22N2O3. The van der Waals surface area contributed by atoms with Crippen LogP contribution in [0.25, 0.3) is 0 Å². The monoisotopic (exact) mass is 230 g/mol. The molecule has 0 saturated heterocycles. The first-order valence-corrected chi connectivity index (χ1v) is 5.73. The third-order valence-electron chi connectivity index (χ3n) is 2.29. The maximum absolute atomic E-state index is 11.6. The van der Waals surface area contributed by atoms with Gasteiger partial charge in [0.25, 0.3) is 0 Å². The minimum atomic E-state index is -0.862. The summed E-state index contributed by atoms with van der Waals surface area (Å²) in [7, 11) is 0. The van der Waals surface area contributed by atoms with Crippen molar-refractivity contribution in [2.45, 2.75) is 52.1 Å². The fourth-order valence-corrected chi connectivity index (χ4v) is 1.36. The highest BCUT2D eigenvalue weighted by Crippen LogP contribution is 1.95. The minimum Gasteiger partial charge on any atom is -0.481 e. The van der Waals surface area contributed by atoms with Crippen LogP contribution in [0.1, 0.15) is 40.0 Å². The number of nitrogens with one attached hydrogen (secondary N) is 2. The van der Waals surface area contributed by atoms with Gasteiger partial charge < -0.3 is 15.7 Å². The lowest BCUT2D eigenvalue weighted by atomic mass is 10.2. The summed E-state index contributed by atoms with van der Waals surface area (Å²) in [5, 5.41) is 14.2. The molecule has 0 spiro atoms. The Hall–Kier alpha value is -1.10. The Balaban J connectivity index is 3.76. The summed E-state index contributed by atoms with van der Waals surface area (Å²) < 4.78 is 0. The molecule has 5 nitrogen and oxygen atoms in total. The van der Waals surface area contributed by atoms with Gasteiger partial charge in [0, 0.05) is 12.6 Å². The number of carbonyl (C=O) groups is 2. The number of amides is 1. The first kappa shape index (κ1) is 14.9.